The summed E-state index contributed by atoms with van der Waals surface area (Å²) in [5.41, 5.74) is 2.49. The van der Waals surface area contributed by atoms with E-state index < -0.39 is 5.97 Å². The Labute approximate surface area is 110 Å². The number of rotatable bonds is 4. The molecule has 0 unspecified atom stereocenters. The minimum atomic E-state index is -0.934. The highest BCUT2D eigenvalue weighted by Crippen LogP contribution is 2.24. The molecule has 5 nitrogen and oxygen atoms in total. The first-order valence-electron chi connectivity index (χ1n) is 5.82. The molecule has 2 aromatic rings. The van der Waals surface area contributed by atoms with Crippen molar-refractivity contribution >= 4 is 5.97 Å². The monoisotopic (exact) mass is 258 g/mol. The highest BCUT2D eigenvalue weighted by atomic mass is 16.5. The van der Waals surface area contributed by atoms with Crippen LogP contribution >= 0.6 is 0 Å². The first-order chi connectivity index (χ1) is 9.04. The highest BCUT2D eigenvalue weighted by molar-refractivity contribution is 5.69. The van der Waals surface area contributed by atoms with Crippen LogP contribution in [0.5, 0.6) is 11.6 Å². The van der Waals surface area contributed by atoms with Crippen molar-refractivity contribution < 1.29 is 14.6 Å². The molecule has 0 fully saturated rings. The number of carbonyl (C=O) groups is 1. The highest BCUT2D eigenvalue weighted by Gasteiger charge is 2.07. The maximum atomic E-state index is 10.6. The van der Waals surface area contributed by atoms with E-state index in [0.717, 1.165) is 11.1 Å². The zero-order chi connectivity index (χ0) is 13.8. The molecule has 0 saturated carbocycles. The van der Waals surface area contributed by atoms with Crippen LogP contribution in [0, 0.1) is 13.8 Å². The summed E-state index contributed by atoms with van der Waals surface area (Å²) in [6.45, 7) is 3.91. The molecule has 98 valence electrons. The summed E-state index contributed by atoms with van der Waals surface area (Å²) in [6.07, 6.45) is 1.16. The summed E-state index contributed by atoms with van der Waals surface area (Å²) in [7, 11) is 0. The Morgan fingerprint density at radius 3 is 2.79 bits per heavy atom. The SMILES string of the molecule is Cc1ccc(C)c(Oc2cc(CC(=O)O)ncn2)c1. The third-order valence-electron chi connectivity index (χ3n) is 2.59. The molecule has 0 saturated heterocycles. The average Bonchev–Trinajstić information content (AvgIpc) is 2.33. The number of aromatic nitrogens is 2. The van der Waals surface area contributed by atoms with Gasteiger partial charge in [0.15, 0.2) is 0 Å². The second kappa shape index (κ2) is 5.48. The van der Waals surface area contributed by atoms with Crippen LogP contribution in [0.15, 0.2) is 30.6 Å². The van der Waals surface area contributed by atoms with E-state index in [1.165, 1.54) is 12.4 Å². The van der Waals surface area contributed by atoms with Gasteiger partial charge in [0.1, 0.15) is 12.1 Å². The topological polar surface area (TPSA) is 72.3 Å². The van der Waals surface area contributed by atoms with Crippen LogP contribution in [-0.4, -0.2) is 21.0 Å². The Hall–Kier alpha value is -2.43. The number of ether oxygens (including phenoxy) is 1. The zero-order valence-corrected chi connectivity index (χ0v) is 10.8. The van der Waals surface area contributed by atoms with Crippen LogP contribution in [-0.2, 0) is 11.2 Å². The molecule has 0 aliphatic carbocycles. The number of hydrogen-bond acceptors (Lipinski definition) is 4. The number of benzene rings is 1. The lowest BCUT2D eigenvalue weighted by Gasteiger charge is -2.09. The van der Waals surface area contributed by atoms with Crippen molar-refractivity contribution in [2.75, 3.05) is 0 Å². The van der Waals surface area contributed by atoms with Crippen LogP contribution in [0.2, 0.25) is 0 Å². The minimum absolute atomic E-state index is 0.147. The summed E-state index contributed by atoms with van der Waals surface area (Å²) in [4.78, 5) is 18.5. The standard InChI is InChI=1S/C14H14N2O3/c1-9-3-4-10(2)12(5-9)19-13-6-11(7-14(17)18)15-8-16-13/h3-6,8H,7H2,1-2H3,(H,17,18). The number of carboxylic acid groups (broad SMARTS) is 1. The third-order valence-corrected chi connectivity index (χ3v) is 2.59. The predicted octanol–water partition coefficient (Wildman–Crippen LogP) is 2.51. The van der Waals surface area contributed by atoms with Gasteiger partial charge in [-0.2, -0.15) is 0 Å². The molecule has 0 spiro atoms. The van der Waals surface area contributed by atoms with Crippen LogP contribution in [0.3, 0.4) is 0 Å². The lowest BCUT2D eigenvalue weighted by atomic mass is 10.1. The lowest BCUT2D eigenvalue weighted by molar-refractivity contribution is -0.136. The maximum Gasteiger partial charge on any atom is 0.309 e. The van der Waals surface area contributed by atoms with Crippen molar-refractivity contribution in [3.63, 3.8) is 0 Å². The van der Waals surface area contributed by atoms with E-state index in [9.17, 15) is 4.79 Å². The largest absolute Gasteiger partial charge is 0.481 e. The van der Waals surface area contributed by atoms with Gasteiger partial charge >= 0.3 is 5.97 Å². The van der Waals surface area contributed by atoms with E-state index >= 15 is 0 Å². The normalized spacial score (nSPS) is 10.2. The molecule has 0 amide bonds. The van der Waals surface area contributed by atoms with Gasteiger partial charge in [-0.3, -0.25) is 4.79 Å². The van der Waals surface area contributed by atoms with E-state index in [0.29, 0.717) is 17.3 Å². The Bertz CT molecular complexity index is 611. The smallest absolute Gasteiger partial charge is 0.309 e. The Morgan fingerprint density at radius 1 is 1.26 bits per heavy atom. The molecule has 5 heteroatoms. The summed E-state index contributed by atoms with van der Waals surface area (Å²) >= 11 is 0. The lowest BCUT2D eigenvalue weighted by Crippen LogP contribution is -2.03. The van der Waals surface area contributed by atoms with Gasteiger partial charge in [-0.05, 0) is 31.0 Å². The van der Waals surface area contributed by atoms with Gasteiger partial charge in [0.05, 0.1) is 12.1 Å². The molecule has 2 rings (SSSR count). The summed E-state index contributed by atoms with van der Waals surface area (Å²) < 4.78 is 5.67. The van der Waals surface area contributed by atoms with Crippen LogP contribution < -0.4 is 4.74 Å². The number of nitrogens with zero attached hydrogens (tertiary/aromatic N) is 2. The van der Waals surface area contributed by atoms with Gasteiger partial charge in [-0.1, -0.05) is 12.1 Å². The predicted molar refractivity (Wildman–Crippen MR) is 69.4 cm³/mol. The first kappa shape index (κ1) is 13.0. The molecule has 1 aromatic heterocycles. The molecule has 0 aliphatic heterocycles. The van der Waals surface area contributed by atoms with Crippen molar-refractivity contribution in [3.05, 3.63) is 47.4 Å². The number of carboxylic acids is 1. The van der Waals surface area contributed by atoms with E-state index in [2.05, 4.69) is 9.97 Å². The quantitative estimate of drug-likeness (QED) is 0.912. The third kappa shape index (κ3) is 3.51. The van der Waals surface area contributed by atoms with Crippen molar-refractivity contribution in [3.8, 4) is 11.6 Å². The molecule has 0 bridgehead atoms. The van der Waals surface area contributed by atoms with Crippen molar-refractivity contribution in [2.24, 2.45) is 0 Å². The molecule has 19 heavy (non-hydrogen) atoms. The Kier molecular flexibility index (Phi) is 3.75. The van der Waals surface area contributed by atoms with Crippen molar-refractivity contribution in [2.45, 2.75) is 20.3 Å². The summed E-state index contributed by atoms with van der Waals surface area (Å²) in [6, 6.07) is 7.41. The van der Waals surface area contributed by atoms with Crippen LogP contribution in [0.1, 0.15) is 16.8 Å². The van der Waals surface area contributed by atoms with Crippen molar-refractivity contribution in [1.82, 2.24) is 9.97 Å². The minimum Gasteiger partial charge on any atom is -0.481 e. The Morgan fingerprint density at radius 2 is 2.05 bits per heavy atom. The zero-order valence-electron chi connectivity index (χ0n) is 10.8. The summed E-state index contributed by atoms with van der Waals surface area (Å²) in [5, 5.41) is 8.73. The van der Waals surface area contributed by atoms with Gasteiger partial charge in [-0.25, -0.2) is 9.97 Å². The van der Waals surface area contributed by atoms with Crippen LogP contribution in [0.25, 0.3) is 0 Å². The second-order valence-electron chi connectivity index (χ2n) is 4.29. The number of aliphatic carboxylic acids is 1. The van der Waals surface area contributed by atoms with Gasteiger partial charge in [0.2, 0.25) is 5.88 Å². The molecular formula is C14H14N2O3. The van der Waals surface area contributed by atoms with Crippen molar-refractivity contribution in [1.29, 1.82) is 0 Å². The van der Waals surface area contributed by atoms with E-state index in [1.807, 2.05) is 32.0 Å². The number of hydrogen-bond donors (Lipinski definition) is 1. The van der Waals surface area contributed by atoms with Gasteiger partial charge in [-0.15, -0.1) is 0 Å². The maximum absolute atomic E-state index is 10.6. The second-order valence-corrected chi connectivity index (χ2v) is 4.29. The van der Waals surface area contributed by atoms with Gasteiger partial charge in [0.25, 0.3) is 0 Å². The first-order valence-corrected chi connectivity index (χ1v) is 5.82. The molecular weight excluding hydrogens is 244 g/mol. The fraction of sp³-hybridized carbons (Fsp3) is 0.214. The fourth-order valence-corrected chi connectivity index (χ4v) is 1.61. The van der Waals surface area contributed by atoms with E-state index in [4.69, 9.17) is 9.84 Å². The van der Waals surface area contributed by atoms with E-state index in [-0.39, 0.29) is 6.42 Å². The Balaban J connectivity index is 2.23. The van der Waals surface area contributed by atoms with Gasteiger partial charge in [0, 0.05) is 6.07 Å². The summed E-state index contributed by atoms with van der Waals surface area (Å²) in [5.74, 6) is 0.122. The number of aryl methyl sites for hydroxylation is 2. The molecule has 1 N–H and O–H groups in total. The van der Waals surface area contributed by atoms with Crippen LogP contribution in [0.4, 0.5) is 0 Å². The van der Waals surface area contributed by atoms with Gasteiger partial charge < -0.3 is 9.84 Å². The molecule has 1 heterocycles. The molecule has 1 aromatic carbocycles. The average molecular weight is 258 g/mol. The fourth-order valence-electron chi connectivity index (χ4n) is 1.61. The molecule has 0 aliphatic rings. The molecule has 0 radical (unpaired) electrons. The molecule has 0 atom stereocenters. The van der Waals surface area contributed by atoms with E-state index in [1.54, 1.807) is 0 Å².